The van der Waals surface area contributed by atoms with Gasteiger partial charge in [-0.15, -0.1) is 0 Å². The van der Waals surface area contributed by atoms with Crippen molar-refractivity contribution in [2.75, 3.05) is 5.32 Å². The molecule has 0 spiro atoms. The maximum Gasteiger partial charge on any atom is 0.278 e. The van der Waals surface area contributed by atoms with Gasteiger partial charge in [0.1, 0.15) is 0 Å². The van der Waals surface area contributed by atoms with Crippen molar-refractivity contribution in [1.29, 1.82) is 0 Å². The highest BCUT2D eigenvalue weighted by Crippen LogP contribution is 2.05. The highest BCUT2D eigenvalue weighted by atomic mass is 16.2. The molecule has 6 nitrogen and oxygen atoms in total. The van der Waals surface area contributed by atoms with Crippen LogP contribution in [0.5, 0.6) is 0 Å². The van der Waals surface area contributed by atoms with E-state index in [0.717, 1.165) is 17.9 Å². The summed E-state index contributed by atoms with van der Waals surface area (Å²) in [5, 5.41) is 6.76. The van der Waals surface area contributed by atoms with Crippen molar-refractivity contribution >= 4 is 11.9 Å². The van der Waals surface area contributed by atoms with Gasteiger partial charge in [0.25, 0.3) is 5.91 Å². The van der Waals surface area contributed by atoms with E-state index in [1.165, 1.54) is 0 Å². The maximum atomic E-state index is 11.9. The summed E-state index contributed by atoms with van der Waals surface area (Å²) in [6, 6.07) is 3.52. The highest BCUT2D eigenvalue weighted by Gasteiger charge is 2.11. The lowest BCUT2D eigenvalue weighted by molar-refractivity contribution is 0.102. The zero-order chi connectivity index (χ0) is 13.1. The molecule has 2 heterocycles. The minimum Gasteiger partial charge on any atom is -0.289 e. The van der Waals surface area contributed by atoms with Crippen molar-refractivity contribution in [3.05, 3.63) is 35.4 Å². The van der Waals surface area contributed by atoms with Crippen LogP contribution < -0.4 is 5.32 Å². The number of carbonyl (C=O) groups is 1. The van der Waals surface area contributed by atoms with E-state index in [2.05, 4.69) is 20.4 Å². The van der Waals surface area contributed by atoms with Crippen molar-refractivity contribution in [3.8, 4) is 0 Å². The number of nitrogens with zero attached hydrogens (tertiary/aromatic N) is 4. The van der Waals surface area contributed by atoms with Gasteiger partial charge in [-0.2, -0.15) is 5.10 Å². The molecule has 18 heavy (non-hydrogen) atoms. The Balaban J connectivity index is 2.15. The molecule has 0 radical (unpaired) electrons. The Kier molecular flexibility index (Phi) is 3.36. The maximum absolute atomic E-state index is 11.9. The van der Waals surface area contributed by atoms with E-state index in [1.807, 2.05) is 26.8 Å². The summed E-state index contributed by atoms with van der Waals surface area (Å²) in [5.41, 5.74) is 1.99. The smallest absolute Gasteiger partial charge is 0.278 e. The largest absolute Gasteiger partial charge is 0.289 e. The lowest BCUT2D eigenvalue weighted by Gasteiger charge is -2.03. The number of hydrogen-bond donors (Lipinski definition) is 1. The predicted octanol–water partition coefficient (Wildman–Crippen LogP) is 1.56. The van der Waals surface area contributed by atoms with Crippen LogP contribution in [-0.4, -0.2) is 25.7 Å². The molecular weight excluding hydrogens is 230 g/mol. The summed E-state index contributed by atoms with van der Waals surface area (Å²) in [6.07, 6.45) is 1.76. The van der Waals surface area contributed by atoms with Crippen LogP contribution in [-0.2, 0) is 6.54 Å². The van der Waals surface area contributed by atoms with Crippen molar-refractivity contribution in [2.24, 2.45) is 0 Å². The number of hydrogen-bond acceptors (Lipinski definition) is 4. The Morgan fingerprint density at radius 2 is 2.00 bits per heavy atom. The second kappa shape index (κ2) is 4.95. The summed E-state index contributed by atoms with van der Waals surface area (Å²) in [7, 11) is 0. The average molecular weight is 245 g/mol. The Hall–Kier alpha value is -2.24. The number of anilines is 1. The molecule has 0 aromatic carbocycles. The molecule has 0 aliphatic heterocycles. The Morgan fingerprint density at radius 1 is 1.33 bits per heavy atom. The fourth-order valence-corrected chi connectivity index (χ4v) is 1.61. The highest BCUT2D eigenvalue weighted by molar-refractivity contribution is 6.01. The van der Waals surface area contributed by atoms with Crippen LogP contribution in [0.3, 0.4) is 0 Å². The van der Waals surface area contributed by atoms with Gasteiger partial charge in [0.05, 0.1) is 0 Å². The molecule has 2 aromatic rings. The number of aryl methyl sites for hydroxylation is 3. The van der Waals surface area contributed by atoms with Crippen LogP contribution in [0, 0.1) is 13.8 Å². The van der Waals surface area contributed by atoms with E-state index in [-0.39, 0.29) is 5.91 Å². The van der Waals surface area contributed by atoms with Crippen LogP contribution in [0.4, 0.5) is 5.95 Å². The van der Waals surface area contributed by atoms with E-state index in [1.54, 1.807) is 16.9 Å². The number of nitrogens with one attached hydrogen (secondary N) is 1. The molecule has 0 aliphatic rings. The molecule has 0 saturated carbocycles. The van der Waals surface area contributed by atoms with Gasteiger partial charge in [-0.3, -0.25) is 14.8 Å². The molecule has 0 saturated heterocycles. The zero-order valence-corrected chi connectivity index (χ0v) is 10.6. The number of amides is 1. The lowest BCUT2D eigenvalue weighted by atomic mass is 10.3. The summed E-state index contributed by atoms with van der Waals surface area (Å²) < 4.78 is 1.69. The van der Waals surface area contributed by atoms with Crippen LogP contribution in [0.1, 0.15) is 28.8 Å². The third-order valence-corrected chi connectivity index (χ3v) is 2.40. The monoisotopic (exact) mass is 245 g/mol. The summed E-state index contributed by atoms with van der Waals surface area (Å²) >= 11 is 0. The van der Waals surface area contributed by atoms with Crippen molar-refractivity contribution in [2.45, 2.75) is 27.3 Å². The Labute approximate surface area is 105 Å². The molecular formula is C12H15N5O. The first-order chi connectivity index (χ1) is 8.58. The first-order valence-corrected chi connectivity index (χ1v) is 5.75. The van der Waals surface area contributed by atoms with E-state index in [4.69, 9.17) is 0 Å². The standard InChI is InChI=1S/C12H15N5O/c1-4-17-6-5-10(16-17)11(18)15-12-13-8(2)7-9(3)14-12/h5-7H,4H2,1-3H3,(H,13,14,15,18). The van der Waals surface area contributed by atoms with E-state index < -0.39 is 0 Å². The van der Waals surface area contributed by atoms with Gasteiger partial charge in [0, 0.05) is 24.1 Å². The Morgan fingerprint density at radius 3 is 2.56 bits per heavy atom. The lowest BCUT2D eigenvalue weighted by Crippen LogP contribution is -2.16. The minimum atomic E-state index is -0.299. The van der Waals surface area contributed by atoms with Gasteiger partial charge in [-0.25, -0.2) is 9.97 Å². The van der Waals surface area contributed by atoms with Crippen molar-refractivity contribution < 1.29 is 4.79 Å². The van der Waals surface area contributed by atoms with Gasteiger partial charge >= 0.3 is 0 Å². The fourth-order valence-electron chi connectivity index (χ4n) is 1.61. The molecule has 2 rings (SSSR count). The van der Waals surface area contributed by atoms with Gasteiger partial charge in [-0.05, 0) is 32.9 Å². The van der Waals surface area contributed by atoms with Crippen LogP contribution in [0.2, 0.25) is 0 Å². The summed E-state index contributed by atoms with van der Waals surface area (Å²) in [5.74, 6) is 0.00995. The normalized spacial score (nSPS) is 10.4. The molecule has 0 aliphatic carbocycles. The minimum absolute atomic E-state index is 0.299. The molecule has 1 N–H and O–H groups in total. The third-order valence-electron chi connectivity index (χ3n) is 2.40. The first kappa shape index (κ1) is 12.2. The van der Waals surface area contributed by atoms with Crippen molar-refractivity contribution in [1.82, 2.24) is 19.7 Å². The molecule has 94 valence electrons. The van der Waals surface area contributed by atoms with Gasteiger partial charge in [-0.1, -0.05) is 0 Å². The quantitative estimate of drug-likeness (QED) is 0.890. The van der Waals surface area contributed by atoms with Crippen molar-refractivity contribution in [3.63, 3.8) is 0 Å². The zero-order valence-electron chi connectivity index (χ0n) is 10.6. The number of aromatic nitrogens is 4. The van der Waals surface area contributed by atoms with E-state index in [0.29, 0.717) is 11.6 Å². The number of rotatable bonds is 3. The molecule has 1 amide bonds. The van der Waals surface area contributed by atoms with Crippen LogP contribution >= 0.6 is 0 Å². The van der Waals surface area contributed by atoms with Crippen LogP contribution in [0.15, 0.2) is 18.3 Å². The molecule has 2 aromatic heterocycles. The SMILES string of the molecule is CCn1ccc(C(=O)Nc2nc(C)cc(C)n2)n1. The second-order valence-corrected chi connectivity index (χ2v) is 3.99. The molecule has 0 atom stereocenters. The Bertz CT molecular complexity index is 555. The molecule has 0 fully saturated rings. The summed E-state index contributed by atoms with van der Waals surface area (Å²) in [6.45, 7) is 6.40. The summed E-state index contributed by atoms with van der Waals surface area (Å²) in [4.78, 5) is 20.2. The van der Waals surface area contributed by atoms with Gasteiger partial charge < -0.3 is 0 Å². The van der Waals surface area contributed by atoms with Gasteiger partial charge in [0.15, 0.2) is 5.69 Å². The first-order valence-electron chi connectivity index (χ1n) is 5.75. The van der Waals surface area contributed by atoms with E-state index >= 15 is 0 Å². The van der Waals surface area contributed by atoms with E-state index in [9.17, 15) is 4.79 Å². The van der Waals surface area contributed by atoms with Crippen LogP contribution in [0.25, 0.3) is 0 Å². The third kappa shape index (κ3) is 2.71. The molecule has 6 heteroatoms. The fraction of sp³-hybridized carbons (Fsp3) is 0.333. The topological polar surface area (TPSA) is 72.7 Å². The average Bonchev–Trinajstić information content (AvgIpc) is 2.75. The predicted molar refractivity (Wildman–Crippen MR) is 67.4 cm³/mol. The van der Waals surface area contributed by atoms with Gasteiger partial charge in [0.2, 0.25) is 5.95 Å². The second-order valence-electron chi connectivity index (χ2n) is 3.99. The number of carbonyl (C=O) groups excluding carboxylic acids is 1. The molecule has 0 bridgehead atoms. The molecule has 0 unspecified atom stereocenters.